The summed E-state index contributed by atoms with van der Waals surface area (Å²) in [4.78, 5) is 27.5. The Bertz CT molecular complexity index is 1450. The smallest absolute Gasteiger partial charge is 0.338 e. The third-order valence-electron chi connectivity index (χ3n) is 5.59. The number of para-hydroxylation sites is 2. The highest BCUT2D eigenvalue weighted by atomic mass is 16.4. The summed E-state index contributed by atoms with van der Waals surface area (Å²) in [5.41, 5.74) is 3.12. The molecule has 5 aromatic rings. The van der Waals surface area contributed by atoms with Gasteiger partial charge in [-0.1, -0.05) is 66.7 Å². The molecule has 2 heterocycles. The van der Waals surface area contributed by atoms with Crippen LogP contribution in [-0.2, 0) is 0 Å². The van der Waals surface area contributed by atoms with Gasteiger partial charge >= 0.3 is 11.9 Å². The minimum absolute atomic E-state index is 0.171. The molecule has 6 nitrogen and oxygen atoms in total. The molecule has 0 saturated carbocycles. The summed E-state index contributed by atoms with van der Waals surface area (Å²) < 4.78 is 1.84. The molecule has 0 aliphatic carbocycles. The largest absolute Gasteiger partial charge is 0.478 e. The molecule has 3 N–H and O–H groups in total. The van der Waals surface area contributed by atoms with E-state index in [9.17, 15) is 19.8 Å². The molecular formula is C25H18N2O4. The lowest BCUT2D eigenvalue weighted by Gasteiger charge is -2.21. The number of rotatable bonds is 5. The molecule has 0 aliphatic rings. The summed E-state index contributed by atoms with van der Waals surface area (Å²) in [6.07, 6.45) is 1.59. The molecule has 152 valence electrons. The van der Waals surface area contributed by atoms with Crippen LogP contribution in [0.3, 0.4) is 0 Å². The lowest BCUT2D eigenvalue weighted by atomic mass is 9.99. The van der Waals surface area contributed by atoms with Gasteiger partial charge in [0.05, 0.1) is 22.9 Å². The maximum Gasteiger partial charge on any atom is 0.338 e. The predicted molar refractivity (Wildman–Crippen MR) is 118 cm³/mol. The van der Waals surface area contributed by atoms with E-state index in [1.165, 1.54) is 0 Å². The van der Waals surface area contributed by atoms with Crippen molar-refractivity contribution in [3.8, 4) is 0 Å². The maximum absolute atomic E-state index is 12.3. The van der Waals surface area contributed by atoms with Crippen molar-refractivity contribution >= 4 is 33.7 Å². The zero-order chi connectivity index (χ0) is 21.5. The Labute approximate surface area is 177 Å². The highest BCUT2D eigenvalue weighted by Gasteiger charge is 2.29. The number of aromatic carboxylic acids is 2. The third-order valence-corrected chi connectivity index (χ3v) is 5.59. The molecule has 0 saturated heterocycles. The lowest BCUT2D eigenvalue weighted by Crippen LogP contribution is -2.15. The van der Waals surface area contributed by atoms with Crippen LogP contribution >= 0.6 is 0 Å². The summed E-state index contributed by atoms with van der Waals surface area (Å²) in [7, 11) is 0. The molecule has 1 atom stereocenters. The van der Waals surface area contributed by atoms with Crippen molar-refractivity contribution in [1.29, 1.82) is 0 Å². The molecule has 2 aromatic heterocycles. The third kappa shape index (κ3) is 2.97. The van der Waals surface area contributed by atoms with Gasteiger partial charge in [-0.05, 0) is 17.7 Å². The van der Waals surface area contributed by atoms with E-state index in [0.717, 1.165) is 5.56 Å². The zero-order valence-corrected chi connectivity index (χ0v) is 16.3. The number of carbonyl (C=O) groups is 2. The van der Waals surface area contributed by atoms with Crippen LogP contribution in [0.1, 0.15) is 38.0 Å². The van der Waals surface area contributed by atoms with Crippen molar-refractivity contribution in [2.45, 2.75) is 6.04 Å². The van der Waals surface area contributed by atoms with E-state index in [0.29, 0.717) is 27.5 Å². The zero-order valence-electron chi connectivity index (χ0n) is 16.3. The van der Waals surface area contributed by atoms with Crippen molar-refractivity contribution in [2.75, 3.05) is 0 Å². The Balaban J connectivity index is 1.88. The average molecular weight is 410 g/mol. The van der Waals surface area contributed by atoms with E-state index in [1.807, 2.05) is 59.2 Å². The first-order valence-corrected chi connectivity index (χ1v) is 9.78. The van der Waals surface area contributed by atoms with Gasteiger partial charge in [0.1, 0.15) is 0 Å². The Morgan fingerprint density at radius 1 is 0.774 bits per heavy atom. The number of hydrogen-bond acceptors (Lipinski definition) is 2. The summed E-state index contributed by atoms with van der Waals surface area (Å²) in [5, 5.41) is 21.1. The second-order valence-corrected chi connectivity index (χ2v) is 7.35. The van der Waals surface area contributed by atoms with E-state index in [-0.39, 0.29) is 11.1 Å². The molecule has 0 aliphatic heterocycles. The minimum atomic E-state index is -1.04. The van der Waals surface area contributed by atoms with Gasteiger partial charge in [0.15, 0.2) is 0 Å². The summed E-state index contributed by atoms with van der Waals surface area (Å²) in [5.74, 6) is -2.07. The summed E-state index contributed by atoms with van der Waals surface area (Å²) in [6, 6.07) is 23.4. The number of fused-ring (bicyclic) bond motifs is 2. The van der Waals surface area contributed by atoms with Crippen LogP contribution in [0.25, 0.3) is 21.8 Å². The standard InChI is InChI=1S/C25H18N2O4/c28-24(29)18-14-27(20-13-7-5-10-16(18)20)23(15-8-2-1-3-9-15)22-21(25(30)31)17-11-4-6-12-19(17)26-22/h1-14,23,26H,(H,28,29)(H,30,31). The first-order chi connectivity index (χ1) is 15.1. The number of hydrogen-bond donors (Lipinski definition) is 3. The van der Waals surface area contributed by atoms with Crippen LogP contribution in [0.15, 0.2) is 85.1 Å². The topological polar surface area (TPSA) is 95.3 Å². The number of nitrogens with zero attached hydrogens (tertiary/aromatic N) is 1. The molecule has 0 amide bonds. The first-order valence-electron chi connectivity index (χ1n) is 9.78. The van der Waals surface area contributed by atoms with E-state index in [4.69, 9.17) is 0 Å². The molecule has 0 fully saturated rings. The van der Waals surface area contributed by atoms with Gasteiger partial charge in [-0.3, -0.25) is 0 Å². The normalized spacial score (nSPS) is 12.3. The van der Waals surface area contributed by atoms with E-state index >= 15 is 0 Å². The van der Waals surface area contributed by atoms with Gasteiger partial charge in [-0.2, -0.15) is 0 Å². The van der Waals surface area contributed by atoms with E-state index in [1.54, 1.807) is 30.5 Å². The number of carboxylic acid groups (broad SMARTS) is 2. The highest BCUT2D eigenvalue weighted by molar-refractivity contribution is 6.06. The molecule has 6 heteroatoms. The SMILES string of the molecule is O=C(O)c1c(C(c2ccccc2)n2cc(C(=O)O)c3ccccc32)[nH]c2ccccc12. The van der Waals surface area contributed by atoms with Crippen LogP contribution in [0.5, 0.6) is 0 Å². The molecule has 0 spiro atoms. The number of benzene rings is 3. The van der Waals surface area contributed by atoms with Crippen LogP contribution in [-0.4, -0.2) is 31.7 Å². The highest BCUT2D eigenvalue weighted by Crippen LogP contribution is 2.36. The van der Waals surface area contributed by atoms with Crippen molar-refractivity contribution in [1.82, 2.24) is 9.55 Å². The van der Waals surface area contributed by atoms with Gasteiger partial charge < -0.3 is 19.8 Å². The van der Waals surface area contributed by atoms with Crippen molar-refractivity contribution in [3.63, 3.8) is 0 Å². The molecule has 3 aromatic carbocycles. The fourth-order valence-corrected chi connectivity index (χ4v) is 4.29. The molecule has 1 unspecified atom stereocenters. The van der Waals surface area contributed by atoms with Gasteiger partial charge in [-0.25, -0.2) is 9.59 Å². The number of aromatic amines is 1. The first kappa shape index (κ1) is 18.7. The lowest BCUT2D eigenvalue weighted by molar-refractivity contribution is 0.0686. The maximum atomic E-state index is 12.3. The predicted octanol–water partition coefficient (Wildman–Crippen LogP) is 5.16. The Morgan fingerprint density at radius 3 is 2.13 bits per heavy atom. The van der Waals surface area contributed by atoms with Crippen LogP contribution in [0, 0.1) is 0 Å². The van der Waals surface area contributed by atoms with Crippen LogP contribution in [0.2, 0.25) is 0 Å². The molecule has 5 rings (SSSR count). The second kappa shape index (κ2) is 7.18. The Kier molecular flexibility index (Phi) is 4.33. The van der Waals surface area contributed by atoms with Crippen LogP contribution < -0.4 is 0 Å². The Morgan fingerprint density at radius 2 is 1.42 bits per heavy atom. The number of aromatic nitrogens is 2. The summed E-state index contributed by atoms with van der Waals surface area (Å²) in [6.45, 7) is 0. The van der Waals surface area contributed by atoms with Gasteiger partial charge in [0, 0.05) is 28.0 Å². The monoisotopic (exact) mass is 410 g/mol. The van der Waals surface area contributed by atoms with Crippen molar-refractivity contribution in [3.05, 3.63) is 107 Å². The average Bonchev–Trinajstić information content (AvgIpc) is 3.34. The minimum Gasteiger partial charge on any atom is -0.478 e. The fraction of sp³-hybridized carbons (Fsp3) is 0.0400. The molecule has 0 radical (unpaired) electrons. The summed E-state index contributed by atoms with van der Waals surface area (Å²) >= 11 is 0. The second-order valence-electron chi connectivity index (χ2n) is 7.35. The fourth-order valence-electron chi connectivity index (χ4n) is 4.29. The van der Waals surface area contributed by atoms with Gasteiger partial charge in [0.2, 0.25) is 0 Å². The van der Waals surface area contributed by atoms with Gasteiger partial charge in [-0.15, -0.1) is 0 Å². The molecule has 31 heavy (non-hydrogen) atoms. The van der Waals surface area contributed by atoms with E-state index in [2.05, 4.69) is 4.98 Å². The quantitative estimate of drug-likeness (QED) is 0.373. The molecule has 0 bridgehead atoms. The van der Waals surface area contributed by atoms with E-state index < -0.39 is 18.0 Å². The number of H-pyrrole nitrogens is 1. The Hall–Kier alpha value is -4.32. The van der Waals surface area contributed by atoms with Crippen molar-refractivity contribution < 1.29 is 19.8 Å². The number of nitrogens with one attached hydrogen (secondary N) is 1. The number of carboxylic acids is 2. The molecular weight excluding hydrogens is 392 g/mol. The van der Waals surface area contributed by atoms with Crippen molar-refractivity contribution in [2.24, 2.45) is 0 Å². The van der Waals surface area contributed by atoms with Gasteiger partial charge in [0.25, 0.3) is 0 Å². The van der Waals surface area contributed by atoms with Crippen LogP contribution in [0.4, 0.5) is 0 Å².